The third kappa shape index (κ3) is 5.97. The zero-order chi connectivity index (χ0) is 22.1. The maximum absolute atomic E-state index is 12.6. The Hall–Kier alpha value is -3.05. The number of nitro benzene ring substituents is 1. The minimum absolute atomic E-state index is 0.0868. The van der Waals surface area contributed by atoms with Crippen LogP contribution in [-0.2, 0) is 21.4 Å². The summed E-state index contributed by atoms with van der Waals surface area (Å²) in [4.78, 5) is 26.7. The van der Waals surface area contributed by atoms with Gasteiger partial charge in [-0.15, -0.1) is 0 Å². The molecule has 2 aromatic rings. The van der Waals surface area contributed by atoms with Gasteiger partial charge in [-0.05, 0) is 24.3 Å². The number of pyridine rings is 1. The molecule has 0 aliphatic heterocycles. The summed E-state index contributed by atoms with van der Waals surface area (Å²) in [5.74, 6) is -0.239. The molecule has 30 heavy (non-hydrogen) atoms. The Morgan fingerprint density at radius 1 is 1.20 bits per heavy atom. The van der Waals surface area contributed by atoms with E-state index >= 15 is 0 Å². The van der Waals surface area contributed by atoms with Gasteiger partial charge in [0.1, 0.15) is 5.69 Å². The number of benzene rings is 1. The average molecular weight is 436 g/mol. The van der Waals surface area contributed by atoms with Crippen LogP contribution in [0.15, 0.2) is 47.5 Å². The minimum Gasteiger partial charge on any atom is -0.379 e. The Balaban J connectivity index is 2.02. The Kier molecular flexibility index (Phi) is 8.25. The second-order valence-electron chi connectivity index (χ2n) is 6.30. The molecule has 0 saturated heterocycles. The predicted molar refractivity (Wildman–Crippen MR) is 112 cm³/mol. The molecule has 0 spiro atoms. The van der Waals surface area contributed by atoms with Gasteiger partial charge in [0, 0.05) is 38.3 Å². The van der Waals surface area contributed by atoms with Crippen LogP contribution in [0.2, 0.25) is 0 Å². The second kappa shape index (κ2) is 10.6. The first-order chi connectivity index (χ1) is 14.3. The number of carbonyl (C=O) groups excluding carboxylic acids is 1. The molecule has 1 heterocycles. The van der Waals surface area contributed by atoms with Gasteiger partial charge < -0.3 is 10.6 Å². The van der Waals surface area contributed by atoms with Gasteiger partial charge in [-0.3, -0.25) is 19.9 Å². The first kappa shape index (κ1) is 23.2. The lowest BCUT2D eigenvalue weighted by atomic mass is 10.2. The summed E-state index contributed by atoms with van der Waals surface area (Å²) in [6, 6.07) is 9.09. The van der Waals surface area contributed by atoms with E-state index in [9.17, 15) is 23.3 Å². The number of carbonyl (C=O) groups is 1. The van der Waals surface area contributed by atoms with Crippen molar-refractivity contribution in [2.24, 2.45) is 0 Å². The van der Waals surface area contributed by atoms with E-state index in [4.69, 9.17) is 0 Å². The quantitative estimate of drug-likeness (QED) is 0.408. The Bertz CT molecular complexity index is 978. The molecule has 1 amide bonds. The van der Waals surface area contributed by atoms with E-state index in [0.717, 1.165) is 11.8 Å². The van der Waals surface area contributed by atoms with Crippen LogP contribution in [-0.4, -0.2) is 48.2 Å². The predicted octanol–water partition coefficient (Wildman–Crippen LogP) is 2.14. The van der Waals surface area contributed by atoms with Gasteiger partial charge in [-0.1, -0.05) is 19.9 Å². The monoisotopic (exact) mass is 435 g/mol. The highest BCUT2D eigenvalue weighted by Crippen LogP contribution is 2.29. The summed E-state index contributed by atoms with van der Waals surface area (Å²) >= 11 is 0. The Morgan fingerprint density at radius 2 is 1.93 bits per heavy atom. The van der Waals surface area contributed by atoms with Crippen molar-refractivity contribution < 1.29 is 18.1 Å². The number of hydrogen-bond acceptors (Lipinski definition) is 7. The van der Waals surface area contributed by atoms with Crippen LogP contribution < -0.4 is 10.6 Å². The van der Waals surface area contributed by atoms with E-state index in [1.54, 1.807) is 32.2 Å². The molecule has 0 atom stereocenters. The van der Waals surface area contributed by atoms with Crippen LogP contribution in [0.3, 0.4) is 0 Å². The number of hydrogen-bond donors (Lipinski definition) is 2. The smallest absolute Gasteiger partial charge is 0.293 e. The summed E-state index contributed by atoms with van der Waals surface area (Å²) in [5.41, 5.74) is 0.507. The normalized spacial score (nSPS) is 11.3. The fraction of sp³-hybridized carbons (Fsp3) is 0.368. The van der Waals surface area contributed by atoms with Gasteiger partial charge in [0.2, 0.25) is 15.9 Å². The van der Waals surface area contributed by atoms with E-state index < -0.39 is 14.9 Å². The molecule has 0 aliphatic rings. The van der Waals surface area contributed by atoms with Crippen molar-refractivity contribution in [1.82, 2.24) is 14.6 Å². The molecule has 0 radical (unpaired) electrons. The SMILES string of the molecule is CCN(CC)S(=O)(=O)c1ccc(NCCC(=O)NCc2ccccn2)c([N+](=O)[O-])c1. The molecule has 0 saturated carbocycles. The molecule has 0 fully saturated rings. The molecular weight excluding hydrogens is 410 g/mol. The summed E-state index contributed by atoms with van der Waals surface area (Å²) in [6.07, 6.45) is 1.72. The van der Waals surface area contributed by atoms with E-state index in [2.05, 4.69) is 15.6 Å². The van der Waals surface area contributed by atoms with Crippen LogP contribution in [0.1, 0.15) is 26.0 Å². The number of nitrogens with zero attached hydrogens (tertiary/aromatic N) is 3. The second-order valence-corrected chi connectivity index (χ2v) is 8.24. The standard InChI is InChI=1S/C19H25N5O5S/c1-3-23(4-2)30(28,29)16-8-9-17(18(13-16)24(26)27)21-12-10-19(25)22-14-15-7-5-6-11-20-15/h5-9,11,13,21H,3-4,10,12,14H2,1-2H3,(H,22,25). The number of anilines is 1. The molecule has 0 aliphatic carbocycles. The van der Waals surface area contributed by atoms with Gasteiger partial charge in [0.25, 0.3) is 5.69 Å². The van der Waals surface area contributed by atoms with Crippen LogP contribution in [0.4, 0.5) is 11.4 Å². The van der Waals surface area contributed by atoms with E-state index in [1.165, 1.54) is 16.4 Å². The number of nitro groups is 1. The van der Waals surface area contributed by atoms with Crippen molar-refractivity contribution >= 4 is 27.3 Å². The highest BCUT2D eigenvalue weighted by molar-refractivity contribution is 7.89. The van der Waals surface area contributed by atoms with Crippen molar-refractivity contribution in [3.63, 3.8) is 0 Å². The summed E-state index contributed by atoms with van der Waals surface area (Å²) in [5, 5.41) is 17.0. The fourth-order valence-electron chi connectivity index (χ4n) is 2.78. The minimum atomic E-state index is -3.81. The van der Waals surface area contributed by atoms with E-state index in [-0.39, 0.29) is 54.8 Å². The summed E-state index contributed by atoms with van der Waals surface area (Å²) < 4.78 is 26.4. The molecule has 1 aromatic heterocycles. The Morgan fingerprint density at radius 3 is 2.53 bits per heavy atom. The van der Waals surface area contributed by atoms with Gasteiger partial charge in [-0.25, -0.2) is 8.42 Å². The molecule has 162 valence electrons. The topological polar surface area (TPSA) is 135 Å². The molecular formula is C19H25N5O5S. The zero-order valence-corrected chi connectivity index (χ0v) is 17.7. The molecule has 1 aromatic carbocycles. The third-order valence-corrected chi connectivity index (χ3v) is 6.42. The fourth-order valence-corrected chi connectivity index (χ4v) is 4.25. The van der Waals surface area contributed by atoms with Crippen molar-refractivity contribution in [2.45, 2.75) is 31.7 Å². The lowest BCUT2D eigenvalue weighted by Gasteiger charge is -2.18. The van der Waals surface area contributed by atoms with E-state index in [0.29, 0.717) is 0 Å². The maximum Gasteiger partial charge on any atom is 0.293 e. The lowest BCUT2D eigenvalue weighted by Crippen LogP contribution is -2.30. The van der Waals surface area contributed by atoms with Crippen molar-refractivity contribution in [1.29, 1.82) is 0 Å². The molecule has 0 bridgehead atoms. The molecule has 11 heteroatoms. The maximum atomic E-state index is 12.6. The zero-order valence-electron chi connectivity index (χ0n) is 16.9. The third-order valence-electron chi connectivity index (χ3n) is 4.37. The van der Waals surface area contributed by atoms with Gasteiger partial charge in [0.15, 0.2) is 0 Å². The lowest BCUT2D eigenvalue weighted by molar-refractivity contribution is -0.384. The molecule has 10 nitrogen and oxygen atoms in total. The van der Waals surface area contributed by atoms with Gasteiger partial charge in [0.05, 0.1) is 22.1 Å². The van der Waals surface area contributed by atoms with Crippen LogP contribution in [0, 0.1) is 10.1 Å². The van der Waals surface area contributed by atoms with Crippen LogP contribution in [0.25, 0.3) is 0 Å². The first-order valence-corrected chi connectivity index (χ1v) is 10.9. The van der Waals surface area contributed by atoms with Crippen molar-refractivity contribution in [3.8, 4) is 0 Å². The first-order valence-electron chi connectivity index (χ1n) is 9.48. The van der Waals surface area contributed by atoms with Crippen LogP contribution >= 0.6 is 0 Å². The van der Waals surface area contributed by atoms with Crippen molar-refractivity contribution in [3.05, 3.63) is 58.4 Å². The highest BCUT2D eigenvalue weighted by Gasteiger charge is 2.25. The van der Waals surface area contributed by atoms with Gasteiger partial charge >= 0.3 is 0 Å². The number of amides is 1. The molecule has 2 N–H and O–H groups in total. The number of aromatic nitrogens is 1. The van der Waals surface area contributed by atoms with Crippen LogP contribution in [0.5, 0.6) is 0 Å². The summed E-state index contributed by atoms with van der Waals surface area (Å²) in [7, 11) is -3.81. The largest absolute Gasteiger partial charge is 0.379 e. The molecule has 2 rings (SSSR count). The van der Waals surface area contributed by atoms with Crippen molar-refractivity contribution in [2.75, 3.05) is 25.0 Å². The highest BCUT2D eigenvalue weighted by atomic mass is 32.2. The van der Waals surface area contributed by atoms with Gasteiger partial charge in [-0.2, -0.15) is 4.31 Å². The van der Waals surface area contributed by atoms with E-state index in [1.807, 2.05) is 6.07 Å². The molecule has 0 unspecified atom stereocenters. The number of rotatable bonds is 11. The number of sulfonamides is 1. The average Bonchev–Trinajstić information content (AvgIpc) is 2.73. The Labute approximate surface area is 175 Å². The summed E-state index contributed by atoms with van der Waals surface area (Å²) in [6.45, 7) is 4.36. The number of nitrogens with one attached hydrogen (secondary N) is 2.